The number of nitrogens with zero attached hydrogens (tertiary/aromatic N) is 5. The van der Waals surface area contributed by atoms with Gasteiger partial charge >= 0.3 is 0 Å². The van der Waals surface area contributed by atoms with Crippen LogP contribution in [0.5, 0.6) is 11.5 Å². The molecule has 0 spiro atoms. The molecule has 122 valence electrons. The van der Waals surface area contributed by atoms with Crippen molar-refractivity contribution in [3.63, 3.8) is 0 Å². The smallest absolute Gasteiger partial charge is 0.231 e. The molecule has 5 rings (SSSR count). The first kappa shape index (κ1) is 13.6. The molecule has 7 nitrogen and oxygen atoms in total. The molecule has 3 aromatic rings. The zero-order valence-corrected chi connectivity index (χ0v) is 13.3. The van der Waals surface area contributed by atoms with Crippen molar-refractivity contribution < 1.29 is 9.47 Å². The predicted octanol–water partition coefficient (Wildman–Crippen LogP) is 2.37. The summed E-state index contributed by atoms with van der Waals surface area (Å²) in [6.07, 6.45) is 1.21. The molecule has 7 heteroatoms. The van der Waals surface area contributed by atoms with E-state index in [4.69, 9.17) is 14.6 Å². The minimum atomic E-state index is 0.259. The van der Waals surface area contributed by atoms with Gasteiger partial charge in [0.1, 0.15) is 5.82 Å². The van der Waals surface area contributed by atoms with Crippen molar-refractivity contribution >= 4 is 11.5 Å². The highest BCUT2D eigenvalue weighted by Gasteiger charge is 2.21. The molecule has 0 amide bonds. The first-order valence-corrected chi connectivity index (χ1v) is 8.15. The fourth-order valence-electron chi connectivity index (χ4n) is 3.31. The minimum Gasteiger partial charge on any atom is -0.454 e. The van der Waals surface area contributed by atoms with E-state index in [1.807, 2.05) is 30.3 Å². The van der Waals surface area contributed by atoms with Gasteiger partial charge in [0.05, 0.1) is 0 Å². The van der Waals surface area contributed by atoms with Crippen molar-refractivity contribution in [3.05, 3.63) is 30.3 Å². The molecule has 0 bridgehead atoms. The molecule has 2 aromatic heterocycles. The van der Waals surface area contributed by atoms with Gasteiger partial charge in [0.25, 0.3) is 0 Å². The average Bonchev–Trinajstić information content (AvgIpc) is 3.32. The number of anilines is 1. The zero-order valence-electron chi connectivity index (χ0n) is 13.3. The summed E-state index contributed by atoms with van der Waals surface area (Å²) in [5, 5.41) is 13.3. The van der Waals surface area contributed by atoms with Crippen LogP contribution in [0.25, 0.3) is 17.0 Å². The van der Waals surface area contributed by atoms with Gasteiger partial charge in [0.15, 0.2) is 23.0 Å². The van der Waals surface area contributed by atoms with Crippen molar-refractivity contribution in [2.75, 3.05) is 24.8 Å². The number of aromatic nitrogens is 4. The number of rotatable bonds is 2. The van der Waals surface area contributed by atoms with E-state index in [9.17, 15) is 0 Å². The van der Waals surface area contributed by atoms with Crippen LogP contribution >= 0.6 is 0 Å². The van der Waals surface area contributed by atoms with Gasteiger partial charge < -0.3 is 14.4 Å². The molecule has 1 fully saturated rings. The molecule has 0 saturated carbocycles. The molecule has 2 aliphatic rings. The van der Waals surface area contributed by atoms with Gasteiger partial charge in [-0.3, -0.25) is 0 Å². The van der Waals surface area contributed by atoms with E-state index in [2.05, 4.69) is 22.0 Å². The number of fused-ring (bicyclic) bond motifs is 2. The molecule has 4 heterocycles. The summed E-state index contributed by atoms with van der Waals surface area (Å²) in [7, 11) is 0. The van der Waals surface area contributed by atoms with Gasteiger partial charge in [-0.25, -0.2) is 0 Å². The Morgan fingerprint density at radius 2 is 2.00 bits per heavy atom. The lowest BCUT2D eigenvalue weighted by Crippen LogP contribution is -2.21. The van der Waals surface area contributed by atoms with E-state index < -0.39 is 0 Å². The third kappa shape index (κ3) is 2.08. The third-order valence-electron chi connectivity index (χ3n) is 4.63. The molecule has 0 N–H and O–H groups in total. The summed E-state index contributed by atoms with van der Waals surface area (Å²) >= 11 is 0. The van der Waals surface area contributed by atoms with E-state index in [-0.39, 0.29) is 6.79 Å². The Hall–Kier alpha value is -2.83. The monoisotopic (exact) mass is 323 g/mol. The molecule has 1 unspecified atom stereocenters. The molecular formula is C17H17N5O2. The molecular weight excluding hydrogens is 306 g/mol. The number of ether oxygens (including phenoxy) is 2. The number of hydrogen-bond donors (Lipinski definition) is 0. The molecule has 24 heavy (non-hydrogen) atoms. The minimum absolute atomic E-state index is 0.259. The van der Waals surface area contributed by atoms with Crippen LogP contribution in [-0.4, -0.2) is 39.7 Å². The summed E-state index contributed by atoms with van der Waals surface area (Å²) in [4.78, 5) is 2.31. The van der Waals surface area contributed by atoms with E-state index in [1.54, 1.807) is 4.52 Å². The van der Waals surface area contributed by atoms with Crippen molar-refractivity contribution in [1.29, 1.82) is 0 Å². The number of benzene rings is 1. The highest BCUT2D eigenvalue weighted by atomic mass is 16.7. The lowest BCUT2D eigenvalue weighted by molar-refractivity contribution is 0.174. The Morgan fingerprint density at radius 1 is 1.08 bits per heavy atom. The first-order valence-electron chi connectivity index (χ1n) is 8.15. The van der Waals surface area contributed by atoms with Crippen LogP contribution in [0.2, 0.25) is 0 Å². The van der Waals surface area contributed by atoms with Crippen LogP contribution in [0.3, 0.4) is 0 Å². The quantitative estimate of drug-likeness (QED) is 0.721. The Balaban J connectivity index is 1.58. The molecule has 1 saturated heterocycles. The summed E-state index contributed by atoms with van der Waals surface area (Å²) in [6, 6.07) is 9.76. The Morgan fingerprint density at radius 3 is 2.88 bits per heavy atom. The zero-order chi connectivity index (χ0) is 16.1. The lowest BCUT2D eigenvalue weighted by Gasteiger charge is -2.16. The lowest BCUT2D eigenvalue weighted by atomic mass is 10.2. The fourth-order valence-corrected chi connectivity index (χ4v) is 3.31. The molecule has 1 aromatic carbocycles. The summed E-state index contributed by atoms with van der Waals surface area (Å²) in [5.74, 6) is 3.86. The van der Waals surface area contributed by atoms with Crippen LogP contribution in [0, 0.1) is 5.92 Å². The van der Waals surface area contributed by atoms with Gasteiger partial charge in [-0.05, 0) is 42.7 Å². The summed E-state index contributed by atoms with van der Waals surface area (Å²) < 4.78 is 12.6. The first-order chi connectivity index (χ1) is 11.8. The van der Waals surface area contributed by atoms with E-state index in [0.29, 0.717) is 11.7 Å². The maximum absolute atomic E-state index is 5.46. The topological polar surface area (TPSA) is 64.8 Å². The summed E-state index contributed by atoms with van der Waals surface area (Å²) in [5.41, 5.74) is 1.64. The largest absolute Gasteiger partial charge is 0.454 e. The van der Waals surface area contributed by atoms with Crippen molar-refractivity contribution in [1.82, 2.24) is 19.8 Å². The molecule has 0 aliphatic carbocycles. The van der Waals surface area contributed by atoms with Crippen molar-refractivity contribution in [3.8, 4) is 22.9 Å². The Labute approximate surface area is 138 Å². The highest BCUT2D eigenvalue weighted by molar-refractivity contribution is 5.64. The Kier molecular flexibility index (Phi) is 2.88. The standard InChI is InChI=1S/C17H17N5O2/c1-11-6-7-21(9-11)16-5-4-15-18-19-17(22(15)20-16)12-2-3-13-14(8-12)24-10-23-13/h2-5,8,11H,6-7,9-10H2,1H3. The van der Waals surface area contributed by atoms with Crippen LogP contribution in [0.4, 0.5) is 5.82 Å². The van der Waals surface area contributed by atoms with E-state index in [1.165, 1.54) is 6.42 Å². The second-order valence-electron chi connectivity index (χ2n) is 6.39. The number of hydrogen-bond acceptors (Lipinski definition) is 6. The van der Waals surface area contributed by atoms with E-state index in [0.717, 1.165) is 41.6 Å². The van der Waals surface area contributed by atoms with Crippen LogP contribution in [-0.2, 0) is 0 Å². The van der Waals surface area contributed by atoms with Crippen LogP contribution < -0.4 is 14.4 Å². The molecule has 0 radical (unpaired) electrons. The third-order valence-corrected chi connectivity index (χ3v) is 4.63. The van der Waals surface area contributed by atoms with Crippen LogP contribution in [0.15, 0.2) is 30.3 Å². The molecule has 1 atom stereocenters. The maximum Gasteiger partial charge on any atom is 0.231 e. The highest BCUT2D eigenvalue weighted by Crippen LogP contribution is 2.35. The van der Waals surface area contributed by atoms with Crippen LogP contribution in [0.1, 0.15) is 13.3 Å². The van der Waals surface area contributed by atoms with Gasteiger partial charge in [-0.2, -0.15) is 4.52 Å². The van der Waals surface area contributed by atoms with Gasteiger partial charge in [0.2, 0.25) is 6.79 Å². The summed E-state index contributed by atoms with van der Waals surface area (Å²) in [6.45, 7) is 4.62. The van der Waals surface area contributed by atoms with Crippen molar-refractivity contribution in [2.24, 2.45) is 5.92 Å². The van der Waals surface area contributed by atoms with Gasteiger partial charge in [0, 0.05) is 18.7 Å². The normalized spacial score (nSPS) is 19.4. The average molecular weight is 323 g/mol. The second kappa shape index (κ2) is 5.09. The van der Waals surface area contributed by atoms with Gasteiger partial charge in [-0.1, -0.05) is 6.92 Å². The SMILES string of the molecule is CC1CCN(c2ccc3nnc(-c4ccc5c(c4)OCO5)n3n2)C1. The van der Waals surface area contributed by atoms with Gasteiger partial charge in [-0.15, -0.1) is 15.3 Å². The fraction of sp³-hybridized carbons (Fsp3) is 0.353. The molecule has 2 aliphatic heterocycles. The van der Waals surface area contributed by atoms with Crippen molar-refractivity contribution in [2.45, 2.75) is 13.3 Å². The Bertz CT molecular complexity index is 922. The van der Waals surface area contributed by atoms with E-state index >= 15 is 0 Å². The second-order valence-corrected chi connectivity index (χ2v) is 6.39. The maximum atomic E-state index is 5.46. The predicted molar refractivity (Wildman–Crippen MR) is 88.3 cm³/mol.